The van der Waals surface area contributed by atoms with E-state index in [1.165, 1.54) is 82.6 Å². The van der Waals surface area contributed by atoms with Gasteiger partial charge in [0.1, 0.15) is 5.75 Å². The maximum Gasteiger partial charge on any atom is 0.396 e. The Hall–Kier alpha value is -6.84. The lowest BCUT2D eigenvalue weighted by molar-refractivity contribution is 0.603. The molecule has 9 aromatic carbocycles. The van der Waals surface area contributed by atoms with Crippen LogP contribution in [0.5, 0.6) is 5.75 Å². The Labute approximate surface area is 333 Å². The van der Waals surface area contributed by atoms with Crippen molar-refractivity contribution >= 4 is 51.0 Å². The fourth-order valence-electron chi connectivity index (χ4n) is 10.2. The molecule has 12 rings (SSSR count). The summed E-state index contributed by atoms with van der Waals surface area (Å²) in [6.07, 6.45) is 0.851. The number of benzene rings is 9. The largest absolute Gasteiger partial charge is 0.555 e. The third kappa shape index (κ3) is 4.72. The van der Waals surface area contributed by atoms with Gasteiger partial charge >= 0.3 is 6.92 Å². The van der Waals surface area contributed by atoms with Crippen molar-refractivity contribution in [3.05, 3.63) is 199 Å². The average Bonchev–Trinajstić information content (AvgIpc) is 3.91. The highest BCUT2D eigenvalue weighted by molar-refractivity contribution is 6.68. The van der Waals surface area contributed by atoms with Crippen molar-refractivity contribution in [1.29, 1.82) is 0 Å². The molecular formula is C54H38BNO. The summed E-state index contributed by atoms with van der Waals surface area (Å²) in [6, 6.07) is 67.3. The zero-order chi connectivity index (χ0) is 37.8. The van der Waals surface area contributed by atoms with Crippen molar-refractivity contribution < 1.29 is 4.65 Å². The molecule has 9 aromatic rings. The number of rotatable bonds is 5. The number of hydrogen-bond donors (Lipinski definition) is 0. The van der Waals surface area contributed by atoms with Crippen LogP contribution in [0.2, 0.25) is 0 Å². The predicted octanol–water partition coefficient (Wildman–Crippen LogP) is 13.5. The fourth-order valence-corrected chi connectivity index (χ4v) is 10.2. The number of fused-ring (bicyclic) bond motifs is 8. The monoisotopic (exact) mass is 727 g/mol. The van der Waals surface area contributed by atoms with Gasteiger partial charge in [-0.2, -0.15) is 0 Å². The number of hydrogen-bond acceptors (Lipinski definition) is 2. The SMILES string of the molecule is CC1(C)c2ccccc2-c2c(-c3cccc4c3OB(c3ccccc3)C4)cc(N(c3ccc4ccccc4c3)c3ccc4c5c(cccc35)-c3ccccc3-4)cc21. The second-order valence-corrected chi connectivity index (χ2v) is 16.4. The van der Waals surface area contributed by atoms with Crippen molar-refractivity contribution in [1.82, 2.24) is 0 Å². The first-order chi connectivity index (χ1) is 28.0. The summed E-state index contributed by atoms with van der Waals surface area (Å²) in [6.45, 7) is 4.76. The molecule has 2 nitrogen and oxygen atoms in total. The van der Waals surface area contributed by atoms with Crippen LogP contribution in [0.3, 0.4) is 0 Å². The number of anilines is 3. The molecule has 0 amide bonds. The zero-order valence-electron chi connectivity index (χ0n) is 32.0. The van der Waals surface area contributed by atoms with E-state index in [2.05, 4.69) is 201 Å². The van der Waals surface area contributed by atoms with Gasteiger partial charge in [-0.25, -0.2) is 0 Å². The lowest BCUT2D eigenvalue weighted by Gasteiger charge is -2.30. The molecule has 1 aliphatic heterocycles. The molecule has 0 unspecified atom stereocenters. The summed E-state index contributed by atoms with van der Waals surface area (Å²) in [4.78, 5) is 2.51. The molecule has 0 N–H and O–H groups in total. The van der Waals surface area contributed by atoms with Crippen LogP contribution >= 0.6 is 0 Å². The van der Waals surface area contributed by atoms with Gasteiger partial charge in [-0.1, -0.05) is 166 Å². The van der Waals surface area contributed by atoms with Gasteiger partial charge in [0.25, 0.3) is 0 Å². The van der Waals surface area contributed by atoms with E-state index in [4.69, 9.17) is 4.65 Å². The normalized spacial score (nSPS) is 14.0. The van der Waals surface area contributed by atoms with Gasteiger partial charge in [0.2, 0.25) is 0 Å². The molecule has 3 heteroatoms. The summed E-state index contributed by atoms with van der Waals surface area (Å²) in [7, 11) is 0. The molecule has 0 spiro atoms. The molecule has 2 aliphatic carbocycles. The zero-order valence-corrected chi connectivity index (χ0v) is 32.0. The van der Waals surface area contributed by atoms with Gasteiger partial charge in [0.05, 0.1) is 5.69 Å². The molecule has 0 radical (unpaired) electrons. The first-order valence-electron chi connectivity index (χ1n) is 20.1. The van der Waals surface area contributed by atoms with Crippen molar-refractivity contribution in [2.24, 2.45) is 0 Å². The minimum Gasteiger partial charge on any atom is -0.555 e. The van der Waals surface area contributed by atoms with E-state index in [1.54, 1.807) is 0 Å². The third-order valence-electron chi connectivity index (χ3n) is 12.9. The van der Waals surface area contributed by atoms with Crippen molar-refractivity contribution in [2.45, 2.75) is 25.6 Å². The maximum atomic E-state index is 7.00. The third-order valence-corrected chi connectivity index (χ3v) is 12.9. The first kappa shape index (κ1) is 32.4. The van der Waals surface area contributed by atoms with Crippen LogP contribution < -0.4 is 15.0 Å². The average molecular weight is 728 g/mol. The molecule has 0 saturated heterocycles. The smallest absolute Gasteiger partial charge is 0.396 e. The van der Waals surface area contributed by atoms with Crippen LogP contribution in [-0.4, -0.2) is 6.92 Å². The Kier molecular flexibility index (Phi) is 6.87. The Balaban J connectivity index is 1.14. The molecule has 0 fully saturated rings. The van der Waals surface area contributed by atoms with Crippen LogP contribution in [0, 0.1) is 0 Å². The van der Waals surface area contributed by atoms with E-state index in [9.17, 15) is 0 Å². The van der Waals surface area contributed by atoms with E-state index in [0.717, 1.165) is 34.7 Å². The van der Waals surface area contributed by atoms with Gasteiger partial charge in [0.15, 0.2) is 0 Å². The molecule has 0 aromatic heterocycles. The van der Waals surface area contributed by atoms with Crippen LogP contribution in [0.1, 0.15) is 30.5 Å². The van der Waals surface area contributed by atoms with Gasteiger partial charge in [-0.05, 0) is 114 Å². The van der Waals surface area contributed by atoms with E-state index >= 15 is 0 Å². The summed E-state index contributed by atoms with van der Waals surface area (Å²) >= 11 is 0. The second kappa shape index (κ2) is 12.1. The Bertz CT molecular complexity index is 3100. The molecular weight excluding hydrogens is 689 g/mol. The second-order valence-electron chi connectivity index (χ2n) is 16.4. The molecule has 0 bridgehead atoms. The van der Waals surface area contributed by atoms with Crippen LogP contribution in [-0.2, 0) is 11.7 Å². The molecule has 0 saturated carbocycles. The minimum atomic E-state index is -0.221. The lowest BCUT2D eigenvalue weighted by atomic mass is 9.58. The van der Waals surface area contributed by atoms with Crippen molar-refractivity contribution in [3.63, 3.8) is 0 Å². The van der Waals surface area contributed by atoms with Gasteiger partial charge in [-0.15, -0.1) is 0 Å². The maximum absolute atomic E-state index is 7.00. The molecule has 1 heterocycles. The highest BCUT2D eigenvalue weighted by atomic mass is 16.4. The Morgan fingerprint density at radius 1 is 0.491 bits per heavy atom. The lowest BCUT2D eigenvalue weighted by Crippen LogP contribution is -2.35. The minimum absolute atomic E-state index is 0.0194. The summed E-state index contributed by atoms with van der Waals surface area (Å²) in [5.74, 6) is 0.994. The summed E-state index contributed by atoms with van der Waals surface area (Å²) in [5, 5.41) is 5.01. The van der Waals surface area contributed by atoms with Crippen LogP contribution in [0.4, 0.5) is 17.1 Å². The molecule has 57 heavy (non-hydrogen) atoms. The highest BCUT2D eigenvalue weighted by Crippen LogP contribution is 2.57. The molecule has 3 aliphatic rings. The summed E-state index contributed by atoms with van der Waals surface area (Å²) < 4.78 is 7.00. The Morgan fingerprint density at radius 3 is 2.02 bits per heavy atom. The molecule has 0 atom stereocenters. The summed E-state index contributed by atoms with van der Waals surface area (Å²) in [5.41, 5.74) is 18.5. The van der Waals surface area contributed by atoms with Gasteiger partial charge in [0, 0.05) is 27.7 Å². The van der Waals surface area contributed by atoms with E-state index in [-0.39, 0.29) is 12.3 Å². The van der Waals surface area contributed by atoms with Gasteiger partial charge < -0.3 is 9.55 Å². The van der Waals surface area contributed by atoms with Crippen molar-refractivity contribution in [3.8, 4) is 50.3 Å². The van der Waals surface area contributed by atoms with E-state index in [0.29, 0.717) is 0 Å². The fraction of sp³-hybridized carbons (Fsp3) is 0.0741. The van der Waals surface area contributed by atoms with Gasteiger partial charge in [-0.3, -0.25) is 0 Å². The van der Waals surface area contributed by atoms with E-state index < -0.39 is 0 Å². The van der Waals surface area contributed by atoms with Crippen LogP contribution in [0.25, 0.3) is 66.1 Å². The first-order valence-corrected chi connectivity index (χ1v) is 20.1. The van der Waals surface area contributed by atoms with Crippen molar-refractivity contribution in [2.75, 3.05) is 4.90 Å². The topological polar surface area (TPSA) is 12.5 Å². The molecule has 268 valence electrons. The number of nitrogens with zero attached hydrogens (tertiary/aromatic N) is 1. The quantitative estimate of drug-likeness (QED) is 0.164. The number of para-hydroxylation sites is 1. The predicted molar refractivity (Wildman–Crippen MR) is 240 cm³/mol. The van der Waals surface area contributed by atoms with Crippen LogP contribution in [0.15, 0.2) is 182 Å². The standard InChI is InChI=1S/C54H38BNO/c1-54(2)48-25-11-10-21-45(48)52-47(44-23-12-16-36-33-55(57-53(36)44)37-17-4-3-5-18-37)31-39(32-49(52)54)56(38-27-26-34-14-6-7-15-35(34)30-38)50-29-28-43-41-20-9-8-19-40(41)42-22-13-24-46(50)51(42)43/h3-32H,33H2,1-2H3. The van der Waals surface area contributed by atoms with E-state index in [1.807, 2.05) is 0 Å². The highest BCUT2D eigenvalue weighted by Gasteiger charge is 2.40. The Morgan fingerprint density at radius 2 is 1.18 bits per heavy atom.